The molecule has 0 atom stereocenters. The number of aromatic nitrogens is 1. The van der Waals surface area contributed by atoms with Crippen LogP contribution in [0.1, 0.15) is 32.9 Å². The van der Waals surface area contributed by atoms with Crippen molar-refractivity contribution in [1.82, 2.24) is 4.98 Å². The summed E-state index contributed by atoms with van der Waals surface area (Å²) in [5, 5.41) is 1.15. The van der Waals surface area contributed by atoms with Crippen LogP contribution in [-0.4, -0.2) is 17.6 Å². The van der Waals surface area contributed by atoms with Crippen molar-refractivity contribution in [2.24, 2.45) is 0 Å². The highest BCUT2D eigenvalue weighted by molar-refractivity contribution is 5.94. The molecule has 0 aliphatic carbocycles. The van der Waals surface area contributed by atoms with Crippen LogP contribution in [0.3, 0.4) is 0 Å². The Morgan fingerprint density at radius 1 is 1.26 bits per heavy atom. The second-order valence-electron chi connectivity index (χ2n) is 5.35. The Labute approximate surface area is 115 Å². The average Bonchev–Trinajstić information content (AvgIpc) is 2.35. The first-order valence-corrected chi connectivity index (χ1v) is 6.96. The molecule has 1 aromatic heterocycles. The molecule has 0 fully saturated rings. The van der Waals surface area contributed by atoms with Gasteiger partial charge < -0.3 is 10.6 Å². The SMILES string of the molecule is CCCN(c1cc(C)nc2ccc(N)cc12)C(C)C. The summed E-state index contributed by atoms with van der Waals surface area (Å²) in [6.45, 7) is 9.75. The van der Waals surface area contributed by atoms with Gasteiger partial charge in [0.05, 0.1) is 5.52 Å². The number of pyridine rings is 1. The molecule has 3 nitrogen and oxygen atoms in total. The van der Waals surface area contributed by atoms with Crippen LogP contribution in [0.25, 0.3) is 10.9 Å². The van der Waals surface area contributed by atoms with Gasteiger partial charge in [-0.3, -0.25) is 4.98 Å². The molecule has 3 heteroatoms. The van der Waals surface area contributed by atoms with Crippen LogP contribution < -0.4 is 10.6 Å². The molecule has 0 saturated carbocycles. The fourth-order valence-electron chi connectivity index (χ4n) is 2.49. The Hall–Kier alpha value is -1.77. The number of anilines is 2. The standard InChI is InChI=1S/C16H23N3/c1-5-8-19(11(2)3)16-9-12(4)18-15-7-6-13(17)10-14(15)16/h6-7,9-11H,5,8,17H2,1-4H3. The van der Waals surface area contributed by atoms with Gasteiger partial charge in [-0.1, -0.05) is 6.92 Å². The van der Waals surface area contributed by atoms with E-state index in [9.17, 15) is 0 Å². The molecule has 102 valence electrons. The van der Waals surface area contributed by atoms with E-state index in [4.69, 9.17) is 5.73 Å². The largest absolute Gasteiger partial charge is 0.399 e. The lowest BCUT2D eigenvalue weighted by atomic mass is 10.1. The van der Waals surface area contributed by atoms with Crippen LogP contribution in [0.5, 0.6) is 0 Å². The normalized spacial score (nSPS) is 11.2. The zero-order valence-electron chi connectivity index (χ0n) is 12.3. The Morgan fingerprint density at radius 3 is 2.63 bits per heavy atom. The molecule has 0 amide bonds. The van der Waals surface area contributed by atoms with E-state index in [-0.39, 0.29) is 0 Å². The van der Waals surface area contributed by atoms with E-state index in [0.717, 1.165) is 35.2 Å². The van der Waals surface area contributed by atoms with Crippen LogP contribution in [0.4, 0.5) is 11.4 Å². The van der Waals surface area contributed by atoms with E-state index in [1.54, 1.807) is 0 Å². The van der Waals surface area contributed by atoms with Gasteiger partial charge in [-0.05, 0) is 51.5 Å². The highest BCUT2D eigenvalue weighted by atomic mass is 15.2. The number of nitrogens with two attached hydrogens (primary N) is 1. The molecular formula is C16H23N3. The topological polar surface area (TPSA) is 42.2 Å². The molecule has 0 unspecified atom stereocenters. The number of benzene rings is 1. The quantitative estimate of drug-likeness (QED) is 0.848. The minimum Gasteiger partial charge on any atom is -0.399 e. The molecule has 2 rings (SSSR count). The van der Waals surface area contributed by atoms with Crippen molar-refractivity contribution in [2.45, 2.75) is 40.2 Å². The predicted molar refractivity (Wildman–Crippen MR) is 83.7 cm³/mol. The zero-order valence-corrected chi connectivity index (χ0v) is 12.3. The summed E-state index contributed by atoms with van der Waals surface area (Å²) >= 11 is 0. The van der Waals surface area contributed by atoms with Crippen molar-refractivity contribution in [3.63, 3.8) is 0 Å². The van der Waals surface area contributed by atoms with E-state index < -0.39 is 0 Å². The van der Waals surface area contributed by atoms with E-state index in [2.05, 4.69) is 36.7 Å². The highest BCUT2D eigenvalue weighted by Gasteiger charge is 2.14. The maximum atomic E-state index is 5.93. The van der Waals surface area contributed by atoms with Crippen molar-refractivity contribution in [1.29, 1.82) is 0 Å². The first-order chi connectivity index (χ1) is 9.02. The third kappa shape index (κ3) is 2.80. The van der Waals surface area contributed by atoms with E-state index in [0.29, 0.717) is 6.04 Å². The molecule has 0 radical (unpaired) electrons. The Kier molecular flexibility index (Phi) is 3.93. The average molecular weight is 257 g/mol. The van der Waals surface area contributed by atoms with Crippen molar-refractivity contribution >= 4 is 22.3 Å². The van der Waals surface area contributed by atoms with Gasteiger partial charge in [0.1, 0.15) is 0 Å². The number of aryl methyl sites for hydroxylation is 1. The van der Waals surface area contributed by atoms with Crippen LogP contribution in [0.2, 0.25) is 0 Å². The maximum absolute atomic E-state index is 5.93. The fourth-order valence-corrected chi connectivity index (χ4v) is 2.49. The number of fused-ring (bicyclic) bond motifs is 1. The summed E-state index contributed by atoms with van der Waals surface area (Å²) in [6, 6.07) is 8.58. The van der Waals surface area contributed by atoms with Gasteiger partial charge in [0.2, 0.25) is 0 Å². The second-order valence-corrected chi connectivity index (χ2v) is 5.35. The number of nitrogen functional groups attached to an aromatic ring is 1. The van der Waals surface area contributed by atoms with E-state index in [1.165, 1.54) is 5.69 Å². The molecule has 1 aromatic carbocycles. The van der Waals surface area contributed by atoms with Gasteiger partial charge in [-0.2, -0.15) is 0 Å². The van der Waals surface area contributed by atoms with Crippen LogP contribution in [0.15, 0.2) is 24.3 Å². The summed E-state index contributed by atoms with van der Waals surface area (Å²) in [5.74, 6) is 0. The number of nitrogens with zero attached hydrogens (tertiary/aromatic N) is 2. The van der Waals surface area contributed by atoms with Crippen LogP contribution >= 0.6 is 0 Å². The molecule has 0 saturated heterocycles. The zero-order chi connectivity index (χ0) is 14.0. The van der Waals surface area contributed by atoms with Crippen molar-refractivity contribution < 1.29 is 0 Å². The van der Waals surface area contributed by atoms with E-state index >= 15 is 0 Å². The fraction of sp³-hybridized carbons (Fsp3) is 0.438. The molecule has 0 aliphatic rings. The second kappa shape index (κ2) is 5.47. The molecule has 0 aliphatic heterocycles. The Balaban J connectivity index is 2.65. The summed E-state index contributed by atoms with van der Waals surface area (Å²) < 4.78 is 0. The lowest BCUT2D eigenvalue weighted by molar-refractivity contribution is 0.673. The van der Waals surface area contributed by atoms with Crippen molar-refractivity contribution in [3.05, 3.63) is 30.0 Å². The smallest absolute Gasteiger partial charge is 0.0727 e. The summed E-state index contributed by atoms with van der Waals surface area (Å²) in [6.07, 6.45) is 1.13. The highest BCUT2D eigenvalue weighted by Crippen LogP contribution is 2.29. The van der Waals surface area contributed by atoms with Gasteiger partial charge in [-0.15, -0.1) is 0 Å². The monoisotopic (exact) mass is 257 g/mol. The predicted octanol–water partition coefficient (Wildman–Crippen LogP) is 3.75. The Bertz CT molecular complexity index is 575. The third-order valence-corrected chi connectivity index (χ3v) is 3.34. The van der Waals surface area contributed by atoms with Crippen LogP contribution in [0, 0.1) is 6.92 Å². The molecule has 19 heavy (non-hydrogen) atoms. The summed E-state index contributed by atoms with van der Waals surface area (Å²) in [5.41, 5.74) is 10.0. The van der Waals surface area contributed by atoms with Gasteiger partial charge in [0.25, 0.3) is 0 Å². The molecule has 1 heterocycles. The van der Waals surface area contributed by atoms with Gasteiger partial charge in [0, 0.05) is 35.0 Å². The number of rotatable bonds is 4. The lowest BCUT2D eigenvalue weighted by Gasteiger charge is -2.30. The minimum atomic E-state index is 0.464. The van der Waals surface area contributed by atoms with Gasteiger partial charge in [-0.25, -0.2) is 0 Å². The van der Waals surface area contributed by atoms with Crippen molar-refractivity contribution in [2.75, 3.05) is 17.2 Å². The van der Waals surface area contributed by atoms with Gasteiger partial charge in [0.15, 0.2) is 0 Å². The van der Waals surface area contributed by atoms with Gasteiger partial charge >= 0.3 is 0 Å². The Morgan fingerprint density at radius 2 is 2.00 bits per heavy atom. The maximum Gasteiger partial charge on any atom is 0.0727 e. The third-order valence-electron chi connectivity index (χ3n) is 3.34. The lowest BCUT2D eigenvalue weighted by Crippen LogP contribution is -2.31. The van der Waals surface area contributed by atoms with Crippen molar-refractivity contribution in [3.8, 4) is 0 Å². The number of hydrogen-bond donors (Lipinski definition) is 1. The first kappa shape index (κ1) is 13.7. The molecule has 2 aromatic rings. The first-order valence-electron chi connectivity index (χ1n) is 6.96. The van der Waals surface area contributed by atoms with E-state index in [1.807, 2.05) is 25.1 Å². The summed E-state index contributed by atoms with van der Waals surface area (Å²) in [4.78, 5) is 7.02. The molecular weight excluding hydrogens is 234 g/mol. The molecule has 2 N–H and O–H groups in total. The minimum absolute atomic E-state index is 0.464. The molecule has 0 bridgehead atoms. The summed E-state index contributed by atoms with van der Waals surface area (Å²) in [7, 11) is 0. The number of hydrogen-bond acceptors (Lipinski definition) is 3. The van der Waals surface area contributed by atoms with Crippen LogP contribution in [-0.2, 0) is 0 Å². The molecule has 0 spiro atoms.